The van der Waals surface area contributed by atoms with Crippen LogP contribution < -0.4 is 4.74 Å². The maximum atomic E-state index is 13.4. The van der Waals surface area contributed by atoms with E-state index in [-0.39, 0.29) is 18.6 Å². The van der Waals surface area contributed by atoms with Crippen molar-refractivity contribution in [2.45, 2.75) is 12.5 Å². The van der Waals surface area contributed by atoms with Crippen LogP contribution in [0.4, 0.5) is 8.78 Å². The summed E-state index contributed by atoms with van der Waals surface area (Å²) in [5.41, 5.74) is 0.143. The van der Waals surface area contributed by atoms with Crippen molar-refractivity contribution in [1.29, 1.82) is 0 Å². The zero-order valence-corrected chi connectivity index (χ0v) is 10.2. The van der Waals surface area contributed by atoms with E-state index in [0.717, 1.165) is 18.2 Å². The number of hydrogen-bond donors (Lipinski definition) is 1. The summed E-state index contributed by atoms with van der Waals surface area (Å²) in [5.74, 6) is -0.422. The second-order valence-electron chi connectivity index (χ2n) is 4.22. The maximum absolute atomic E-state index is 13.4. The first kappa shape index (κ1) is 13.5. The van der Waals surface area contributed by atoms with E-state index in [0.29, 0.717) is 5.75 Å². The number of aliphatic hydroxyl groups is 1. The molecule has 2 aromatic carbocycles. The Hall–Kier alpha value is -1.94. The topological polar surface area (TPSA) is 29.5 Å². The van der Waals surface area contributed by atoms with Crippen LogP contribution in [0, 0.1) is 11.6 Å². The highest BCUT2D eigenvalue weighted by Crippen LogP contribution is 2.13. The molecule has 1 N–H and O–H groups in total. The van der Waals surface area contributed by atoms with Crippen LogP contribution in [-0.2, 0) is 6.42 Å². The fourth-order valence-electron chi connectivity index (χ4n) is 1.72. The van der Waals surface area contributed by atoms with Crippen molar-refractivity contribution in [3.8, 4) is 5.75 Å². The van der Waals surface area contributed by atoms with Crippen molar-refractivity contribution in [1.82, 2.24) is 0 Å². The molecule has 0 aliphatic rings. The molecular weight excluding hydrogens is 250 g/mol. The predicted octanol–water partition coefficient (Wildman–Crippen LogP) is 2.95. The summed E-state index contributed by atoms with van der Waals surface area (Å²) in [6.07, 6.45) is -0.882. The molecule has 19 heavy (non-hydrogen) atoms. The van der Waals surface area contributed by atoms with Gasteiger partial charge in [0.05, 0.1) is 6.10 Å². The van der Waals surface area contributed by atoms with Gasteiger partial charge in [-0.25, -0.2) is 8.78 Å². The lowest BCUT2D eigenvalue weighted by atomic mass is 10.1. The second kappa shape index (κ2) is 6.29. The summed E-state index contributed by atoms with van der Waals surface area (Å²) in [7, 11) is 0. The Morgan fingerprint density at radius 2 is 1.79 bits per heavy atom. The number of hydrogen-bond acceptors (Lipinski definition) is 2. The van der Waals surface area contributed by atoms with Crippen molar-refractivity contribution in [2.75, 3.05) is 6.61 Å². The second-order valence-corrected chi connectivity index (χ2v) is 4.22. The molecule has 4 heteroatoms. The van der Waals surface area contributed by atoms with E-state index in [1.54, 1.807) is 12.1 Å². The average Bonchev–Trinajstić information content (AvgIpc) is 2.42. The molecule has 0 amide bonds. The largest absolute Gasteiger partial charge is 0.491 e. The average molecular weight is 264 g/mol. The molecule has 2 nitrogen and oxygen atoms in total. The lowest BCUT2D eigenvalue weighted by Crippen LogP contribution is -2.20. The highest BCUT2D eigenvalue weighted by molar-refractivity contribution is 5.21. The van der Waals surface area contributed by atoms with Gasteiger partial charge in [0.2, 0.25) is 0 Å². The maximum Gasteiger partial charge on any atom is 0.126 e. The molecule has 0 saturated carbocycles. The zero-order valence-electron chi connectivity index (χ0n) is 10.2. The van der Waals surface area contributed by atoms with E-state index in [9.17, 15) is 13.9 Å². The molecule has 2 aromatic rings. The molecular formula is C15H14F2O2. The molecule has 0 fully saturated rings. The molecule has 0 radical (unpaired) electrons. The molecule has 0 spiro atoms. The van der Waals surface area contributed by atoms with Crippen LogP contribution in [0.3, 0.4) is 0 Å². The van der Waals surface area contributed by atoms with Crippen LogP contribution in [0.2, 0.25) is 0 Å². The number of rotatable bonds is 5. The van der Waals surface area contributed by atoms with Gasteiger partial charge < -0.3 is 9.84 Å². The minimum absolute atomic E-state index is 0.0103. The molecule has 0 bridgehead atoms. The highest BCUT2D eigenvalue weighted by atomic mass is 19.1. The zero-order chi connectivity index (χ0) is 13.7. The van der Waals surface area contributed by atoms with Crippen LogP contribution in [0.1, 0.15) is 5.56 Å². The van der Waals surface area contributed by atoms with E-state index in [4.69, 9.17) is 4.74 Å². The number of benzene rings is 2. The number of halogens is 2. The summed E-state index contributed by atoms with van der Waals surface area (Å²) in [6, 6.07) is 12.2. The fourth-order valence-corrected chi connectivity index (χ4v) is 1.72. The number of ether oxygens (including phenoxy) is 1. The Bertz CT molecular complexity index is 529. The highest BCUT2D eigenvalue weighted by Gasteiger charge is 2.11. The number of aliphatic hydroxyl groups excluding tert-OH is 1. The molecule has 0 aromatic heterocycles. The van der Waals surface area contributed by atoms with Crippen LogP contribution in [0.5, 0.6) is 5.75 Å². The minimum Gasteiger partial charge on any atom is -0.491 e. The summed E-state index contributed by atoms with van der Waals surface area (Å²) < 4.78 is 31.7. The summed E-state index contributed by atoms with van der Waals surface area (Å²) in [4.78, 5) is 0. The third-order valence-electron chi connectivity index (χ3n) is 2.65. The standard InChI is InChI=1S/C15H14F2O2/c16-12-6-7-15(17)11(8-12)9-13(18)10-19-14-4-2-1-3-5-14/h1-8,13,18H,9-10H2. The Kier molecular flexibility index (Phi) is 4.47. The van der Waals surface area contributed by atoms with Gasteiger partial charge in [0.15, 0.2) is 0 Å². The van der Waals surface area contributed by atoms with Crippen LogP contribution >= 0.6 is 0 Å². The van der Waals surface area contributed by atoms with Gasteiger partial charge in [-0.1, -0.05) is 18.2 Å². The number of para-hydroxylation sites is 1. The van der Waals surface area contributed by atoms with Gasteiger partial charge in [0, 0.05) is 6.42 Å². The molecule has 0 aliphatic carbocycles. The molecule has 100 valence electrons. The minimum atomic E-state index is -0.892. The Labute approximate surface area is 110 Å². The molecule has 0 saturated heterocycles. The van der Waals surface area contributed by atoms with E-state index in [1.807, 2.05) is 18.2 Å². The Morgan fingerprint density at radius 3 is 2.53 bits per heavy atom. The monoisotopic (exact) mass is 264 g/mol. The summed E-state index contributed by atoms with van der Waals surface area (Å²) in [5, 5.41) is 9.77. The van der Waals surface area contributed by atoms with Gasteiger partial charge in [-0.15, -0.1) is 0 Å². The van der Waals surface area contributed by atoms with Gasteiger partial charge >= 0.3 is 0 Å². The van der Waals surface area contributed by atoms with Crippen molar-refractivity contribution < 1.29 is 18.6 Å². The third kappa shape index (κ3) is 4.03. The third-order valence-corrected chi connectivity index (χ3v) is 2.65. The summed E-state index contributed by atoms with van der Waals surface area (Å²) in [6.45, 7) is 0.0277. The molecule has 1 unspecified atom stereocenters. The first-order valence-corrected chi connectivity index (χ1v) is 5.95. The van der Waals surface area contributed by atoms with Crippen molar-refractivity contribution in [2.24, 2.45) is 0 Å². The summed E-state index contributed by atoms with van der Waals surface area (Å²) >= 11 is 0. The SMILES string of the molecule is OC(COc1ccccc1)Cc1cc(F)ccc1F. The molecule has 1 atom stereocenters. The predicted molar refractivity (Wildman–Crippen MR) is 68.0 cm³/mol. The quantitative estimate of drug-likeness (QED) is 0.899. The van der Waals surface area contributed by atoms with Gasteiger partial charge in [-0.3, -0.25) is 0 Å². The van der Waals surface area contributed by atoms with Crippen molar-refractivity contribution in [3.63, 3.8) is 0 Å². The first-order chi connectivity index (χ1) is 9.15. The van der Waals surface area contributed by atoms with Crippen molar-refractivity contribution in [3.05, 3.63) is 65.7 Å². The van der Waals surface area contributed by atoms with Gasteiger partial charge in [-0.05, 0) is 35.9 Å². The first-order valence-electron chi connectivity index (χ1n) is 5.95. The van der Waals surface area contributed by atoms with Crippen LogP contribution in [0.25, 0.3) is 0 Å². The van der Waals surface area contributed by atoms with Crippen molar-refractivity contribution >= 4 is 0 Å². The molecule has 2 rings (SSSR count). The lowest BCUT2D eigenvalue weighted by molar-refractivity contribution is 0.107. The smallest absolute Gasteiger partial charge is 0.126 e. The van der Waals surface area contributed by atoms with Crippen LogP contribution in [-0.4, -0.2) is 17.8 Å². The Balaban J connectivity index is 1.90. The van der Waals surface area contributed by atoms with E-state index >= 15 is 0 Å². The van der Waals surface area contributed by atoms with E-state index in [1.165, 1.54) is 0 Å². The van der Waals surface area contributed by atoms with E-state index in [2.05, 4.69) is 0 Å². The van der Waals surface area contributed by atoms with Gasteiger partial charge in [-0.2, -0.15) is 0 Å². The van der Waals surface area contributed by atoms with E-state index < -0.39 is 17.7 Å². The van der Waals surface area contributed by atoms with Crippen LogP contribution in [0.15, 0.2) is 48.5 Å². The fraction of sp³-hybridized carbons (Fsp3) is 0.200. The van der Waals surface area contributed by atoms with Gasteiger partial charge in [0.1, 0.15) is 24.0 Å². The molecule has 0 heterocycles. The molecule has 0 aliphatic heterocycles. The normalized spacial score (nSPS) is 12.2. The Morgan fingerprint density at radius 1 is 1.05 bits per heavy atom. The lowest BCUT2D eigenvalue weighted by Gasteiger charge is -2.13. The van der Waals surface area contributed by atoms with Gasteiger partial charge in [0.25, 0.3) is 0 Å².